The average molecular weight is 389 g/mol. The first-order chi connectivity index (χ1) is 13.4. The summed E-state index contributed by atoms with van der Waals surface area (Å²) in [6.07, 6.45) is 2.45. The van der Waals surface area contributed by atoms with E-state index in [0.717, 1.165) is 12.8 Å². The Morgan fingerprint density at radius 3 is 2.46 bits per heavy atom. The van der Waals surface area contributed by atoms with E-state index in [0.29, 0.717) is 46.9 Å². The molecule has 0 saturated carbocycles. The number of aromatic nitrogens is 1. The quantitative estimate of drug-likeness (QED) is 0.623. The van der Waals surface area contributed by atoms with Crippen LogP contribution in [0.15, 0.2) is 23.5 Å². The van der Waals surface area contributed by atoms with Crippen LogP contribution in [-0.2, 0) is 11.2 Å². The maximum atomic E-state index is 14.5. The summed E-state index contributed by atoms with van der Waals surface area (Å²) < 4.78 is 30.7. The molecule has 6 heteroatoms. The first kappa shape index (κ1) is 21.5. The lowest BCUT2D eigenvalue weighted by Crippen LogP contribution is -2.19. The van der Waals surface area contributed by atoms with Crippen LogP contribution < -0.4 is 14.9 Å². The normalized spacial score (nSPS) is 10.6. The number of pyridine rings is 1. The first-order valence-electron chi connectivity index (χ1n) is 9.39. The van der Waals surface area contributed by atoms with Gasteiger partial charge in [0.05, 0.1) is 37.5 Å². The Hall–Kier alpha value is -2.76. The lowest BCUT2D eigenvalue weighted by atomic mass is 9.95. The van der Waals surface area contributed by atoms with Crippen LogP contribution in [0.5, 0.6) is 11.5 Å². The summed E-state index contributed by atoms with van der Waals surface area (Å²) in [5.41, 5.74) is 2.03. The second kappa shape index (κ2) is 9.44. The summed E-state index contributed by atoms with van der Waals surface area (Å²) in [6.45, 7) is 9.97. The molecule has 2 rings (SSSR count). The largest absolute Gasteiger partial charge is 0.496 e. The second-order valence-corrected chi connectivity index (χ2v) is 6.43. The van der Waals surface area contributed by atoms with Crippen molar-refractivity contribution in [2.24, 2.45) is 0 Å². The number of aromatic amines is 1. The topological polar surface area (TPSA) is 60.6 Å². The molecule has 0 aliphatic heterocycles. The molecule has 0 fully saturated rings. The van der Waals surface area contributed by atoms with Gasteiger partial charge >= 0.3 is 0 Å². The molecule has 28 heavy (non-hydrogen) atoms. The van der Waals surface area contributed by atoms with Crippen molar-refractivity contribution in [2.45, 2.75) is 40.0 Å². The molecule has 0 bridgehead atoms. The number of ether oxygens (including phenoxy) is 3. The number of hydrogen-bond donors (Lipinski definition) is 1. The highest BCUT2D eigenvalue weighted by Crippen LogP contribution is 2.40. The van der Waals surface area contributed by atoms with Crippen LogP contribution in [0, 0.1) is 12.7 Å². The molecular weight excluding hydrogens is 361 g/mol. The number of methoxy groups -OCH3 is 2. The zero-order chi connectivity index (χ0) is 20.8. The summed E-state index contributed by atoms with van der Waals surface area (Å²) in [5.74, 6) is 0.0431. The van der Waals surface area contributed by atoms with Crippen LogP contribution in [0.1, 0.15) is 43.6 Å². The molecule has 0 aliphatic rings. The third-order valence-electron chi connectivity index (χ3n) is 4.59. The fourth-order valence-electron chi connectivity index (χ4n) is 3.32. The van der Waals surface area contributed by atoms with Gasteiger partial charge in [-0.1, -0.05) is 19.9 Å². The van der Waals surface area contributed by atoms with E-state index in [2.05, 4.69) is 18.5 Å². The number of hydrogen-bond acceptors (Lipinski definition) is 4. The van der Waals surface area contributed by atoms with Gasteiger partial charge < -0.3 is 19.2 Å². The summed E-state index contributed by atoms with van der Waals surface area (Å²) in [6, 6.07) is 2.75. The van der Waals surface area contributed by atoms with E-state index in [9.17, 15) is 9.18 Å². The van der Waals surface area contributed by atoms with Crippen molar-refractivity contribution >= 4 is 5.76 Å². The Morgan fingerprint density at radius 1 is 1.18 bits per heavy atom. The standard InChI is InChI=1S/C22H28FNO4/c1-7-9-10-16-19(20-17(26-5)12-11-15(23)22(20)27-6)21(25)18(13(3)24-16)14(4)28-8-2/h11-12H,4,7-10H2,1-3,5-6H3,(H,24,25). The van der Waals surface area contributed by atoms with E-state index < -0.39 is 5.82 Å². The maximum Gasteiger partial charge on any atom is 0.201 e. The zero-order valence-corrected chi connectivity index (χ0v) is 17.2. The molecule has 0 atom stereocenters. The second-order valence-electron chi connectivity index (χ2n) is 6.43. The lowest BCUT2D eigenvalue weighted by Gasteiger charge is -2.19. The molecule has 0 radical (unpaired) electrons. The number of halogens is 1. The predicted octanol–water partition coefficient (Wildman–Crippen LogP) is 4.86. The van der Waals surface area contributed by atoms with Gasteiger partial charge in [-0.05, 0) is 38.8 Å². The Morgan fingerprint density at radius 2 is 1.89 bits per heavy atom. The molecule has 0 unspecified atom stereocenters. The van der Waals surface area contributed by atoms with Gasteiger partial charge in [0, 0.05) is 11.4 Å². The summed E-state index contributed by atoms with van der Waals surface area (Å²) in [7, 11) is 2.85. The minimum atomic E-state index is -0.565. The molecule has 1 aromatic heterocycles. The number of nitrogens with one attached hydrogen (secondary N) is 1. The van der Waals surface area contributed by atoms with E-state index in [1.54, 1.807) is 6.92 Å². The highest BCUT2D eigenvalue weighted by molar-refractivity contribution is 5.81. The molecule has 0 spiro atoms. The van der Waals surface area contributed by atoms with Gasteiger partial charge in [0.1, 0.15) is 11.5 Å². The molecule has 5 nitrogen and oxygen atoms in total. The molecule has 0 amide bonds. The van der Waals surface area contributed by atoms with Crippen molar-refractivity contribution in [1.82, 2.24) is 4.98 Å². The minimum absolute atomic E-state index is 0.0283. The fourth-order valence-corrected chi connectivity index (χ4v) is 3.32. The van der Waals surface area contributed by atoms with Crippen molar-refractivity contribution in [3.05, 3.63) is 51.7 Å². The third kappa shape index (κ3) is 4.06. The molecule has 1 N–H and O–H groups in total. The molecule has 1 heterocycles. The van der Waals surface area contributed by atoms with E-state index in [1.807, 2.05) is 6.92 Å². The monoisotopic (exact) mass is 389 g/mol. The van der Waals surface area contributed by atoms with Crippen LogP contribution in [-0.4, -0.2) is 25.8 Å². The summed E-state index contributed by atoms with van der Waals surface area (Å²) in [4.78, 5) is 16.8. The van der Waals surface area contributed by atoms with Gasteiger partial charge in [-0.15, -0.1) is 0 Å². The Balaban J connectivity index is 2.92. The fraction of sp³-hybridized carbons (Fsp3) is 0.409. The van der Waals surface area contributed by atoms with Crippen LogP contribution in [0.3, 0.4) is 0 Å². The van der Waals surface area contributed by atoms with E-state index >= 15 is 0 Å². The molecule has 0 saturated heterocycles. The van der Waals surface area contributed by atoms with Crippen molar-refractivity contribution in [3.8, 4) is 22.6 Å². The number of rotatable bonds is 9. The first-order valence-corrected chi connectivity index (χ1v) is 9.39. The van der Waals surface area contributed by atoms with Crippen LogP contribution in [0.2, 0.25) is 0 Å². The van der Waals surface area contributed by atoms with Gasteiger partial charge in [-0.2, -0.15) is 0 Å². The van der Waals surface area contributed by atoms with Crippen molar-refractivity contribution in [2.75, 3.05) is 20.8 Å². The van der Waals surface area contributed by atoms with Gasteiger partial charge in [0.15, 0.2) is 11.6 Å². The number of H-pyrrole nitrogens is 1. The van der Waals surface area contributed by atoms with Gasteiger partial charge in [-0.3, -0.25) is 4.79 Å². The number of aryl methyl sites for hydroxylation is 2. The smallest absolute Gasteiger partial charge is 0.201 e. The molecule has 152 valence electrons. The van der Waals surface area contributed by atoms with E-state index in [1.165, 1.54) is 26.4 Å². The van der Waals surface area contributed by atoms with Crippen molar-refractivity contribution in [1.29, 1.82) is 0 Å². The Kier molecular flexibility index (Phi) is 7.26. The SMILES string of the molecule is C=C(OCC)c1c(C)[nH]c(CCCC)c(-c2c(OC)ccc(F)c2OC)c1=O. The van der Waals surface area contributed by atoms with Crippen LogP contribution in [0.25, 0.3) is 16.9 Å². The Labute approximate surface area is 165 Å². The number of unbranched alkanes of at least 4 members (excludes halogenated alkanes) is 1. The Bertz CT molecular complexity index is 918. The number of benzene rings is 1. The highest BCUT2D eigenvalue weighted by atomic mass is 19.1. The molecule has 2 aromatic rings. The summed E-state index contributed by atoms with van der Waals surface area (Å²) in [5, 5.41) is 0. The molecule has 1 aromatic carbocycles. The zero-order valence-electron chi connectivity index (χ0n) is 17.2. The highest BCUT2D eigenvalue weighted by Gasteiger charge is 2.26. The average Bonchev–Trinajstić information content (AvgIpc) is 2.66. The summed E-state index contributed by atoms with van der Waals surface area (Å²) >= 11 is 0. The minimum Gasteiger partial charge on any atom is -0.496 e. The third-order valence-corrected chi connectivity index (χ3v) is 4.59. The molecule has 0 aliphatic carbocycles. The lowest BCUT2D eigenvalue weighted by molar-refractivity contribution is 0.298. The predicted molar refractivity (Wildman–Crippen MR) is 110 cm³/mol. The molecular formula is C22H28FNO4. The van der Waals surface area contributed by atoms with Crippen LogP contribution in [0.4, 0.5) is 4.39 Å². The van der Waals surface area contributed by atoms with Gasteiger partial charge in [0.2, 0.25) is 5.43 Å². The van der Waals surface area contributed by atoms with E-state index in [-0.39, 0.29) is 16.9 Å². The van der Waals surface area contributed by atoms with Gasteiger partial charge in [0.25, 0.3) is 0 Å². The van der Waals surface area contributed by atoms with Crippen LogP contribution >= 0.6 is 0 Å². The van der Waals surface area contributed by atoms with E-state index in [4.69, 9.17) is 14.2 Å². The van der Waals surface area contributed by atoms with Crippen molar-refractivity contribution < 1.29 is 18.6 Å². The van der Waals surface area contributed by atoms with Gasteiger partial charge in [-0.25, -0.2) is 4.39 Å². The van der Waals surface area contributed by atoms with Crippen molar-refractivity contribution in [3.63, 3.8) is 0 Å². The maximum absolute atomic E-state index is 14.5.